The number of thioether (sulfide) groups is 1. The van der Waals surface area contributed by atoms with E-state index in [2.05, 4.69) is 25.5 Å². The second-order valence-corrected chi connectivity index (χ2v) is 7.62. The number of hydrogen-bond donors (Lipinski definition) is 3. The first-order chi connectivity index (χ1) is 13.4. The first kappa shape index (κ1) is 19.9. The molecular formula is C18H22N6O3S. The minimum atomic E-state index is -0.977. The summed E-state index contributed by atoms with van der Waals surface area (Å²) in [5.74, 6) is 0.967. The van der Waals surface area contributed by atoms with Crippen molar-refractivity contribution in [3.63, 3.8) is 0 Å². The van der Waals surface area contributed by atoms with Crippen molar-refractivity contribution in [3.05, 3.63) is 50.9 Å². The molecule has 3 N–H and O–H groups in total. The van der Waals surface area contributed by atoms with Gasteiger partial charge in [0, 0.05) is 5.92 Å². The Balaban J connectivity index is 2.00. The molecule has 0 saturated heterocycles. The molecule has 0 bridgehead atoms. The van der Waals surface area contributed by atoms with Crippen LogP contribution in [0, 0.1) is 0 Å². The van der Waals surface area contributed by atoms with Crippen LogP contribution < -0.4 is 16.6 Å². The third-order valence-corrected chi connectivity index (χ3v) is 4.97. The standard InChI is InChI=1S/C18H22N6O3S/c1-10(2)14-20-17(23-22-14)21-15(25)13(8-9-28-3)24-16(26)11-6-4-5-7-12(11)19-18(24)27/h4-7,10,13H,8-9H2,1-3H3,(H,19,27)(H2,20,21,22,23,25)/t13-/m0/s1. The van der Waals surface area contributed by atoms with Gasteiger partial charge in [-0.3, -0.25) is 20.0 Å². The lowest BCUT2D eigenvalue weighted by atomic mass is 10.2. The molecule has 0 saturated carbocycles. The molecule has 1 atom stereocenters. The summed E-state index contributed by atoms with van der Waals surface area (Å²) in [7, 11) is 0. The first-order valence-electron chi connectivity index (χ1n) is 8.88. The van der Waals surface area contributed by atoms with Crippen molar-refractivity contribution in [3.8, 4) is 0 Å². The Hall–Kier alpha value is -2.88. The zero-order valence-corrected chi connectivity index (χ0v) is 16.7. The number of amides is 1. The summed E-state index contributed by atoms with van der Waals surface area (Å²) in [4.78, 5) is 45.3. The number of nitrogens with zero attached hydrogens (tertiary/aromatic N) is 3. The summed E-state index contributed by atoms with van der Waals surface area (Å²) in [5, 5.41) is 9.71. The van der Waals surface area contributed by atoms with Crippen molar-refractivity contribution in [1.82, 2.24) is 24.7 Å². The average Bonchev–Trinajstić information content (AvgIpc) is 3.13. The minimum absolute atomic E-state index is 0.119. The molecule has 3 rings (SSSR count). The number of H-pyrrole nitrogens is 2. The maximum Gasteiger partial charge on any atom is 0.329 e. The van der Waals surface area contributed by atoms with Crippen LogP contribution in [0.25, 0.3) is 10.9 Å². The van der Waals surface area contributed by atoms with Gasteiger partial charge in [-0.15, -0.1) is 5.10 Å². The van der Waals surface area contributed by atoms with E-state index in [1.54, 1.807) is 24.3 Å². The number of carbonyl (C=O) groups excluding carboxylic acids is 1. The van der Waals surface area contributed by atoms with Crippen molar-refractivity contribution in [2.45, 2.75) is 32.2 Å². The molecule has 2 heterocycles. The third-order valence-electron chi connectivity index (χ3n) is 4.33. The number of fused-ring (bicyclic) bond motifs is 1. The van der Waals surface area contributed by atoms with Gasteiger partial charge in [-0.05, 0) is 30.6 Å². The molecule has 10 heteroatoms. The van der Waals surface area contributed by atoms with Crippen LogP contribution in [0.2, 0.25) is 0 Å². The Bertz CT molecular complexity index is 1100. The van der Waals surface area contributed by atoms with Crippen LogP contribution >= 0.6 is 11.8 Å². The number of hydrogen-bond acceptors (Lipinski definition) is 6. The van der Waals surface area contributed by atoms with Gasteiger partial charge in [-0.2, -0.15) is 16.7 Å². The van der Waals surface area contributed by atoms with Crippen LogP contribution in [0.3, 0.4) is 0 Å². The van der Waals surface area contributed by atoms with Crippen LogP contribution in [-0.4, -0.2) is 42.6 Å². The Labute approximate surface area is 165 Å². The van der Waals surface area contributed by atoms with E-state index in [0.29, 0.717) is 28.9 Å². The van der Waals surface area contributed by atoms with E-state index in [-0.39, 0.29) is 11.9 Å². The fraction of sp³-hybridized carbons (Fsp3) is 0.389. The lowest BCUT2D eigenvalue weighted by Crippen LogP contribution is -2.43. The van der Waals surface area contributed by atoms with E-state index in [1.807, 2.05) is 20.1 Å². The monoisotopic (exact) mass is 402 g/mol. The van der Waals surface area contributed by atoms with E-state index in [9.17, 15) is 14.4 Å². The number of para-hydroxylation sites is 1. The van der Waals surface area contributed by atoms with Crippen LogP contribution in [-0.2, 0) is 4.79 Å². The molecule has 0 spiro atoms. The number of carbonyl (C=O) groups is 1. The predicted octanol–water partition coefficient (Wildman–Crippen LogP) is 1.86. The van der Waals surface area contributed by atoms with Gasteiger partial charge < -0.3 is 4.98 Å². The maximum absolute atomic E-state index is 12.9. The molecule has 3 aromatic rings. The van der Waals surface area contributed by atoms with Gasteiger partial charge in [0.15, 0.2) is 0 Å². The van der Waals surface area contributed by atoms with Gasteiger partial charge in [0.1, 0.15) is 11.9 Å². The number of aromatic amines is 2. The summed E-state index contributed by atoms with van der Waals surface area (Å²) in [5.41, 5.74) is -0.686. The number of anilines is 1. The highest BCUT2D eigenvalue weighted by atomic mass is 32.2. The zero-order chi connectivity index (χ0) is 20.3. The molecule has 148 valence electrons. The van der Waals surface area contributed by atoms with E-state index in [4.69, 9.17) is 0 Å². The molecule has 9 nitrogen and oxygen atoms in total. The van der Waals surface area contributed by atoms with Gasteiger partial charge in [0.25, 0.3) is 5.56 Å². The van der Waals surface area contributed by atoms with Gasteiger partial charge in [0.2, 0.25) is 11.9 Å². The second-order valence-electron chi connectivity index (χ2n) is 6.64. The van der Waals surface area contributed by atoms with Crippen LogP contribution in [0.5, 0.6) is 0 Å². The largest absolute Gasteiger partial charge is 0.329 e. The molecule has 0 aliphatic rings. The number of aromatic nitrogens is 5. The van der Waals surface area contributed by atoms with Gasteiger partial charge in [0.05, 0.1) is 10.9 Å². The average molecular weight is 402 g/mol. The summed E-state index contributed by atoms with van der Waals surface area (Å²) in [6, 6.07) is 5.74. The molecule has 28 heavy (non-hydrogen) atoms. The Morgan fingerprint density at radius 3 is 2.71 bits per heavy atom. The summed E-state index contributed by atoms with van der Waals surface area (Å²) >= 11 is 1.53. The highest BCUT2D eigenvalue weighted by Crippen LogP contribution is 2.16. The maximum atomic E-state index is 12.9. The molecule has 1 amide bonds. The number of nitrogens with one attached hydrogen (secondary N) is 3. The fourth-order valence-corrected chi connectivity index (χ4v) is 3.31. The quantitative estimate of drug-likeness (QED) is 0.554. The Morgan fingerprint density at radius 1 is 1.29 bits per heavy atom. The highest BCUT2D eigenvalue weighted by molar-refractivity contribution is 7.98. The minimum Gasteiger partial charge on any atom is -0.307 e. The fourth-order valence-electron chi connectivity index (χ4n) is 2.85. The molecule has 1 aromatic carbocycles. The molecular weight excluding hydrogens is 380 g/mol. The molecule has 0 radical (unpaired) electrons. The van der Waals surface area contributed by atoms with E-state index in [1.165, 1.54) is 11.8 Å². The first-order valence-corrected chi connectivity index (χ1v) is 10.3. The van der Waals surface area contributed by atoms with Crippen molar-refractivity contribution < 1.29 is 4.79 Å². The summed E-state index contributed by atoms with van der Waals surface area (Å²) < 4.78 is 0.976. The lowest BCUT2D eigenvalue weighted by molar-refractivity contribution is -0.119. The van der Waals surface area contributed by atoms with Crippen molar-refractivity contribution in [2.75, 3.05) is 17.3 Å². The predicted molar refractivity (Wildman–Crippen MR) is 110 cm³/mol. The molecule has 2 aromatic heterocycles. The van der Waals surface area contributed by atoms with Gasteiger partial charge in [-0.1, -0.05) is 26.0 Å². The summed E-state index contributed by atoms with van der Waals surface area (Å²) in [6.45, 7) is 3.89. The molecule has 0 unspecified atom stereocenters. The molecule has 0 aliphatic heterocycles. The molecule has 0 fully saturated rings. The SMILES string of the molecule is CSCC[C@@H](C(=O)Nc1n[nH]c(C(C)C)n1)n1c(=O)[nH]c2ccccc2c1=O. The third kappa shape index (κ3) is 4.01. The highest BCUT2D eigenvalue weighted by Gasteiger charge is 2.25. The smallest absolute Gasteiger partial charge is 0.307 e. The van der Waals surface area contributed by atoms with Crippen molar-refractivity contribution >= 4 is 34.5 Å². The zero-order valence-electron chi connectivity index (χ0n) is 15.9. The number of rotatable bonds is 7. The van der Waals surface area contributed by atoms with E-state index < -0.39 is 23.2 Å². The van der Waals surface area contributed by atoms with Gasteiger partial charge >= 0.3 is 5.69 Å². The van der Waals surface area contributed by atoms with Gasteiger partial charge in [-0.25, -0.2) is 9.36 Å². The van der Waals surface area contributed by atoms with E-state index in [0.717, 1.165) is 4.57 Å². The lowest BCUT2D eigenvalue weighted by Gasteiger charge is -2.17. The van der Waals surface area contributed by atoms with Crippen LogP contribution in [0.1, 0.15) is 38.1 Å². The van der Waals surface area contributed by atoms with Crippen LogP contribution in [0.15, 0.2) is 33.9 Å². The Morgan fingerprint density at radius 2 is 2.04 bits per heavy atom. The van der Waals surface area contributed by atoms with Crippen molar-refractivity contribution in [2.24, 2.45) is 0 Å². The van der Waals surface area contributed by atoms with Crippen LogP contribution in [0.4, 0.5) is 5.95 Å². The molecule has 0 aliphatic carbocycles. The topological polar surface area (TPSA) is 126 Å². The number of benzene rings is 1. The normalized spacial score (nSPS) is 12.4. The van der Waals surface area contributed by atoms with E-state index >= 15 is 0 Å². The second kappa shape index (κ2) is 8.42. The Kier molecular flexibility index (Phi) is 5.98. The summed E-state index contributed by atoms with van der Waals surface area (Å²) in [6.07, 6.45) is 2.21. The van der Waals surface area contributed by atoms with Crippen molar-refractivity contribution in [1.29, 1.82) is 0 Å².